The fraction of sp³-hybridized carbons (Fsp3) is 0.652. The van der Waals surface area contributed by atoms with Crippen LogP contribution < -0.4 is 0 Å². The molecule has 2 saturated heterocycles. The van der Waals surface area contributed by atoms with Gasteiger partial charge < -0.3 is 19.4 Å². The first-order valence-electron chi connectivity index (χ1n) is 10.7. The number of unbranched alkanes of at least 4 members (excludes halogenated alkanes) is 2. The fourth-order valence-corrected chi connectivity index (χ4v) is 4.88. The Morgan fingerprint density at radius 3 is 2.55 bits per heavy atom. The molecule has 2 fully saturated rings. The van der Waals surface area contributed by atoms with Gasteiger partial charge in [0.2, 0.25) is 5.91 Å². The van der Waals surface area contributed by atoms with Gasteiger partial charge >= 0.3 is 6.03 Å². The maximum atomic E-state index is 12.9. The number of amides is 3. The number of rotatable bonds is 7. The van der Waals surface area contributed by atoms with E-state index in [-0.39, 0.29) is 18.0 Å². The second-order valence-corrected chi connectivity index (χ2v) is 8.66. The first-order chi connectivity index (χ1) is 13.9. The Bertz CT molecular complexity index is 721. The van der Waals surface area contributed by atoms with Crippen molar-refractivity contribution in [2.75, 3.05) is 47.4 Å². The Morgan fingerprint density at radius 1 is 1.10 bits per heavy atom. The van der Waals surface area contributed by atoms with Gasteiger partial charge in [0, 0.05) is 65.7 Å². The molecule has 0 spiro atoms. The number of methoxy groups -OCH3 is 1. The van der Waals surface area contributed by atoms with E-state index >= 15 is 0 Å². The summed E-state index contributed by atoms with van der Waals surface area (Å²) in [5, 5.41) is 0. The van der Waals surface area contributed by atoms with Crippen molar-refractivity contribution >= 4 is 11.9 Å². The summed E-state index contributed by atoms with van der Waals surface area (Å²) in [6.07, 6.45) is 3.56. The van der Waals surface area contributed by atoms with Crippen LogP contribution in [0.5, 0.6) is 0 Å². The van der Waals surface area contributed by atoms with E-state index in [0.717, 1.165) is 45.5 Å². The van der Waals surface area contributed by atoms with Crippen molar-refractivity contribution in [3.05, 3.63) is 35.4 Å². The summed E-state index contributed by atoms with van der Waals surface area (Å²) in [5.74, 6) is 0.907. The Morgan fingerprint density at radius 2 is 1.86 bits per heavy atom. The zero-order chi connectivity index (χ0) is 21.0. The van der Waals surface area contributed by atoms with Crippen LogP contribution in [-0.2, 0) is 9.53 Å². The third-order valence-electron chi connectivity index (χ3n) is 6.39. The molecule has 0 radical (unpaired) electrons. The van der Waals surface area contributed by atoms with E-state index in [1.807, 2.05) is 36.0 Å². The van der Waals surface area contributed by atoms with E-state index in [1.165, 1.54) is 11.1 Å². The van der Waals surface area contributed by atoms with E-state index in [4.69, 9.17) is 4.74 Å². The normalized spacial score (nSPS) is 23.4. The molecule has 3 amide bonds. The highest BCUT2D eigenvalue weighted by Crippen LogP contribution is 2.46. The van der Waals surface area contributed by atoms with Crippen LogP contribution in [0.15, 0.2) is 24.3 Å². The highest BCUT2D eigenvalue weighted by molar-refractivity contribution is 5.77. The average Bonchev–Trinajstić information content (AvgIpc) is 3.25. The van der Waals surface area contributed by atoms with E-state index in [2.05, 4.69) is 19.1 Å². The second-order valence-electron chi connectivity index (χ2n) is 8.66. The molecule has 160 valence electrons. The number of ether oxygens (including phenoxy) is 1. The molecule has 29 heavy (non-hydrogen) atoms. The number of likely N-dealkylation sites (tertiary alicyclic amines) is 2. The van der Waals surface area contributed by atoms with Crippen LogP contribution in [0.1, 0.15) is 42.9 Å². The Labute approximate surface area is 174 Å². The van der Waals surface area contributed by atoms with E-state index in [9.17, 15) is 9.59 Å². The molecule has 3 atom stereocenters. The van der Waals surface area contributed by atoms with Gasteiger partial charge in [-0.25, -0.2) is 4.79 Å². The van der Waals surface area contributed by atoms with E-state index < -0.39 is 0 Å². The molecule has 0 aliphatic carbocycles. The monoisotopic (exact) mass is 401 g/mol. The number of carbonyl (C=O) groups is 2. The molecule has 6 nitrogen and oxygen atoms in total. The number of benzene rings is 1. The predicted octanol–water partition coefficient (Wildman–Crippen LogP) is 3.31. The summed E-state index contributed by atoms with van der Waals surface area (Å²) in [4.78, 5) is 31.3. The van der Waals surface area contributed by atoms with Crippen molar-refractivity contribution in [1.29, 1.82) is 0 Å². The largest absolute Gasteiger partial charge is 0.385 e. The van der Waals surface area contributed by atoms with Crippen LogP contribution in [0.4, 0.5) is 4.79 Å². The smallest absolute Gasteiger partial charge is 0.320 e. The maximum Gasteiger partial charge on any atom is 0.320 e. The topological polar surface area (TPSA) is 53.1 Å². The molecule has 0 unspecified atom stereocenters. The van der Waals surface area contributed by atoms with Gasteiger partial charge in [-0.1, -0.05) is 30.7 Å². The van der Waals surface area contributed by atoms with E-state index in [0.29, 0.717) is 18.3 Å². The van der Waals surface area contributed by atoms with Crippen molar-refractivity contribution in [3.63, 3.8) is 0 Å². The summed E-state index contributed by atoms with van der Waals surface area (Å²) < 4.78 is 5.08. The number of fused-ring (bicyclic) bond motifs is 1. The maximum absolute atomic E-state index is 12.9. The van der Waals surface area contributed by atoms with Crippen molar-refractivity contribution in [2.45, 2.75) is 38.6 Å². The number of hydrogen-bond donors (Lipinski definition) is 0. The molecule has 2 aliphatic rings. The van der Waals surface area contributed by atoms with Crippen LogP contribution in [0.25, 0.3) is 0 Å². The summed E-state index contributed by atoms with van der Waals surface area (Å²) in [7, 11) is 5.33. The number of urea groups is 1. The standard InChI is InChI=1S/C23H35N3O3/c1-17-10-7-8-11-19(17)22-20-16-25(21(27)12-6-5-9-13-29-4)14-18(20)15-26(22)23(28)24(2)3/h7-8,10-11,18,20,22H,5-6,9,12-16H2,1-4H3/t18-,20-,22+/m1/s1. The third kappa shape index (κ3) is 4.74. The Balaban J connectivity index is 1.70. The number of hydrogen-bond acceptors (Lipinski definition) is 3. The molecule has 1 aromatic carbocycles. The molecule has 2 aliphatic heterocycles. The highest BCUT2D eigenvalue weighted by atomic mass is 16.5. The molecule has 1 aromatic rings. The van der Waals surface area contributed by atoms with Crippen molar-refractivity contribution < 1.29 is 14.3 Å². The minimum Gasteiger partial charge on any atom is -0.385 e. The Hall–Kier alpha value is -2.08. The van der Waals surface area contributed by atoms with Gasteiger partial charge in [0.15, 0.2) is 0 Å². The summed E-state index contributed by atoms with van der Waals surface area (Å²) in [6, 6.07) is 8.43. The lowest BCUT2D eigenvalue weighted by molar-refractivity contribution is -0.130. The third-order valence-corrected chi connectivity index (χ3v) is 6.39. The van der Waals surface area contributed by atoms with Crippen molar-refractivity contribution in [3.8, 4) is 0 Å². The molecule has 2 heterocycles. The van der Waals surface area contributed by atoms with Gasteiger partial charge in [-0.2, -0.15) is 0 Å². The SMILES string of the molecule is COCCCCCC(=O)N1C[C@@H]2CN(C(=O)N(C)C)[C@@H](c3ccccc3C)[C@@H]2C1. The van der Waals surface area contributed by atoms with Gasteiger partial charge in [-0.05, 0) is 30.9 Å². The number of carbonyl (C=O) groups excluding carboxylic acids is 2. The van der Waals surface area contributed by atoms with Gasteiger partial charge in [-0.3, -0.25) is 4.79 Å². The summed E-state index contributed by atoms with van der Waals surface area (Å²) >= 11 is 0. The van der Waals surface area contributed by atoms with Gasteiger partial charge in [-0.15, -0.1) is 0 Å². The molecular weight excluding hydrogens is 366 g/mol. The molecule has 0 bridgehead atoms. The van der Waals surface area contributed by atoms with Crippen molar-refractivity contribution in [1.82, 2.24) is 14.7 Å². The minimum atomic E-state index is 0.0376. The predicted molar refractivity (Wildman–Crippen MR) is 114 cm³/mol. The van der Waals surface area contributed by atoms with Gasteiger partial charge in [0.05, 0.1) is 6.04 Å². The van der Waals surface area contributed by atoms with Crippen LogP contribution in [0.2, 0.25) is 0 Å². The van der Waals surface area contributed by atoms with Crippen molar-refractivity contribution in [2.24, 2.45) is 11.8 Å². The first kappa shape index (κ1) is 21.6. The number of nitrogens with zero attached hydrogens (tertiary/aromatic N) is 3. The quantitative estimate of drug-likeness (QED) is 0.659. The zero-order valence-electron chi connectivity index (χ0n) is 18.3. The van der Waals surface area contributed by atoms with Crippen LogP contribution >= 0.6 is 0 Å². The van der Waals surface area contributed by atoms with Crippen LogP contribution in [0, 0.1) is 18.8 Å². The molecule has 3 rings (SSSR count). The lowest BCUT2D eigenvalue weighted by Gasteiger charge is -2.32. The lowest BCUT2D eigenvalue weighted by atomic mass is 9.88. The first-order valence-corrected chi connectivity index (χ1v) is 10.7. The van der Waals surface area contributed by atoms with E-state index in [1.54, 1.807) is 12.0 Å². The number of aryl methyl sites for hydroxylation is 1. The van der Waals surface area contributed by atoms with Crippen LogP contribution in [-0.4, -0.2) is 74.1 Å². The van der Waals surface area contributed by atoms with Gasteiger partial charge in [0.25, 0.3) is 0 Å². The molecular formula is C23H35N3O3. The van der Waals surface area contributed by atoms with Gasteiger partial charge in [0.1, 0.15) is 0 Å². The van der Waals surface area contributed by atoms with Crippen LogP contribution in [0.3, 0.4) is 0 Å². The molecule has 6 heteroatoms. The Kier molecular flexibility index (Phi) is 7.17. The summed E-state index contributed by atoms with van der Waals surface area (Å²) in [6.45, 7) is 5.10. The highest BCUT2D eigenvalue weighted by Gasteiger charge is 2.50. The molecule has 0 aromatic heterocycles. The summed E-state index contributed by atoms with van der Waals surface area (Å²) in [5.41, 5.74) is 2.42. The fourth-order valence-electron chi connectivity index (χ4n) is 4.88. The zero-order valence-corrected chi connectivity index (χ0v) is 18.3. The lowest BCUT2D eigenvalue weighted by Crippen LogP contribution is -2.42. The molecule has 0 N–H and O–H groups in total. The average molecular weight is 402 g/mol. The second kappa shape index (κ2) is 9.61. The molecule has 0 saturated carbocycles. The minimum absolute atomic E-state index is 0.0376.